The highest BCUT2D eigenvalue weighted by molar-refractivity contribution is 5.97. The van der Waals surface area contributed by atoms with E-state index in [9.17, 15) is 4.79 Å². The Labute approximate surface area is 150 Å². The summed E-state index contributed by atoms with van der Waals surface area (Å²) < 4.78 is 0. The molecule has 1 fully saturated rings. The molecule has 1 saturated carbocycles. The number of benzene rings is 2. The lowest BCUT2D eigenvalue weighted by Gasteiger charge is -2.38. The van der Waals surface area contributed by atoms with Crippen LogP contribution in [0.3, 0.4) is 0 Å². The van der Waals surface area contributed by atoms with E-state index >= 15 is 0 Å². The normalized spacial score (nSPS) is 17.2. The molecule has 2 N–H and O–H groups in total. The van der Waals surface area contributed by atoms with Crippen LogP contribution in [0, 0.1) is 13.8 Å². The summed E-state index contributed by atoms with van der Waals surface area (Å²) in [6, 6.07) is 16.3. The summed E-state index contributed by atoms with van der Waals surface area (Å²) in [6.07, 6.45) is 4.55. The number of carbonyl (C=O) groups is 1. The van der Waals surface area contributed by atoms with Crippen molar-refractivity contribution in [2.45, 2.75) is 51.1 Å². The first kappa shape index (κ1) is 17.7. The fourth-order valence-electron chi connectivity index (χ4n) is 4.25. The van der Waals surface area contributed by atoms with Crippen molar-refractivity contribution >= 4 is 5.91 Å². The zero-order valence-electron chi connectivity index (χ0n) is 15.4. The fraction of sp³-hybridized carbons (Fsp3) is 0.409. The minimum atomic E-state index is -0.0758. The van der Waals surface area contributed by atoms with Crippen molar-refractivity contribution in [1.29, 1.82) is 0 Å². The van der Waals surface area contributed by atoms with E-state index in [1.807, 2.05) is 57.3 Å². The van der Waals surface area contributed by atoms with Crippen molar-refractivity contribution in [3.8, 4) is 0 Å². The van der Waals surface area contributed by atoms with E-state index in [1.165, 1.54) is 18.4 Å². The lowest BCUT2D eigenvalue weighted by molar-refractivity contribution is 0.0902. The number of carbonyl (C=O) groups excluding carboxylic acids is 1. The van der Waals surface area contributed by atoms with Gasteiger partial charge in [-0.3, -0.25) is 4.79 Å². The molecule has 25 heavy (non-hydrogen) atoms. The van der Waals surface area contributed by atoms with Gasteiger partial charge in [-0.2, -0.15) is 0 Å². The number of likely N-dealkylation sites (N-methyl/N-ethyl adjacent to an activating group) is 1. The Morgan fingerprint density at radius 2 is 1.56 bits per heavy atom. The van der Waals surface area contributed by atoms with Crippen LogP contribution in [0.15, 0.2) is 48.5 Å². The van der Waals surface area contributed by atoms with Gasteiger partial charge in [0.05, 0.1) is 6.04 Å². The highest BCUT2D eigenvalue weighted by Crippen LogP contribution is 2.40. The van der Waals surface area contributed by atoms with Gasteiger partial charge in [0, 0.05) is 11.1 Å². The van der Waals surface area contributed by atoms with E-state index in [4.69, 9.17) is 0 Å². The molecule has 1 amide bonds. The number of rotatable bonds is 5. The third-order valence-electron chi connectivity index (χ3n) is 5.66. The Hall–Kier alpha value is -2.13. The lowest BCUT2D eigenvalue weighted by atomic mass is 9.83. The molecule has 1 atom stereocenters. The molecule has 1 aliphatic rings. The van der Waals surface area contributed by atoms with E-state index in [0.29, 0.717) is 0 Å². The number of hydrogen-bond donors (Lipinski definition) is 2. The van der Waals surface area contributed by atoms with Gasteiger partial charge in [0.2, 0.25) is 0 Å². The minimum absolute atomic E-state index is 0.0194. The zero-order chi connectivity index (χ0) is 17.9. The quantitative estimate of drug-likeness (QED) is 0.854. The molecular weight excluding hydrogens is 308 g/mol. The predicted octanol–water partition coefficient (Wildman–Crippen LogP) is 4.31. The zero-order valence-corrected chi connectivity index (χ0v) is 15.4. The summed E-state index contributed by atoms with van der Waals surface area (Å²) in [5.41, 5.74) is 3.93. The monoisotopic (exact) mass is 336 g/mol. The second kappa shape index (κ2) is 7.40. The van der Waals surface area contributed by atoms with Gasteiger partial charge in [-0.15, -0.1) is 0 Å². The van der Waals surface area contributed by atoms with Crippen LogP contribution < -0.4 is 10.6 Å². The maximum Gasteiger partial charge on any atom is 0.252 e. The fourth-order valence-corrected chi connectivity index (χ4v) is 4.25. The van der Waals surface area contributed by atoms with Gasteiger partial charge < -0.3 is 10.6 Å². The van der Waals surface area contributed by atoms with Gasteiger partial charge in [-0.1, -0.05) is 61.4 Å². The van der Waals surface area contributed by atoms with Crippen LogP contribution in [0.25, 0.3) is 0 Å². The molecule has 3 heteroatoms. The molecule has 1 unspecified atom stereocenters. The Bertz CT molecular complexity index is 713. The van der Waals surface area contributed by atoms with Crippen molar-refractivity contribution in [2.75, 3.05) is 7.05 Å². The average Bonchev–Trinajstić information content (AvgIpc) is 3.10. The Morgan fingerprint density at radius 3 is 2.12 bits per heavy atom. The number of hydrogen-bond acceptors (Lipinski definition) is 2. The van der Waals surface area contributed by atoms with E-state index in [0.717, 1.165) is 29.5 Å². The molecule has 3 rings (SSSR count). The Kier molecular flexibility index (Phi) is 5.24. The third-order valence-corrected chi connectivity index (χ3v) is 5.66. The molecule has 0 aromatic heterocycles. The van der Waals surface area contributed by atoms with Gasteiger partial charge in [-0.25, -0.2) is 0 Å². The van der Waals surface area contributed by atoms with Crippen LogP contribution in [-0.4, -0.2) is 18.5 Å². The second-order valence-corrected chi connectivity index (χ2v) is 7.20. The van der Waals surface area contributed by atoms with Crippen LogP contribution in [0.5, 0.6) is 0 Å². The highest BCUT2D eigenvalue weighted by Gasteiger charge is 2.41. The van der Waals surface area contributed by atoms with Gasteiger partial charge in [-0.05, 0) is 50.4 Å². The van der Waals surface area contributed by atoms with Crippen molar-refractivity contribution < 1.29 is 4.79 Å². The molecule has 0 aliphatic heterocycles. The van der Waals surface area contributed by atoms with Crippen molar-refractivity contribution in [1.82, 2.24) is 10.6 Å². The predicted molar refractivity (Wildman–Crippen MR) is 103 cm³/mol. The van der Waals surface area contributed by atoms with Crippen molar-refractivity contribution in [2.24, 2.45) is 0 Å². The van der Waals surface area contributed by atoms with Gasteiger partial charge in [0.15, 0.2) is 0 Å². The van der Waals surface area contributed by atoms with Crippen LogP contribution in [0.1, 0.15) is 58.8 Å². The number of aryl methyl sites for hydroxylation is 2. The molecule has 0 bridgehead atoms. The Morgan fingerprint density at radius 1 is 0.960 bits per heavy atom. The largest absolute Gasteiger partial charge is 0.343 e. The first-order chi connectivity index (χ1) is 12.1. The number of amides is 1. The third kappa shape index (κ3) is 3.47. The molecule has 0 heterocycles. The molecule has 132 valence electrons. The maximum absolute atomic E-state index is 13.1. The summed E-state index contributed by atoms with van der Waals surface area (Å²) in [4.78, 5) is 13.1. The van der Waals surface area contributed by atoms with Crippen molar-refractivity contribution in [3.63, 3.8) is 0 Å². The minimum Gasteiger partial charge on any atom is -0.343 e. The SMILES string of the molecule is CNC1(C(NC(=O)c2c(C)cccc2C)c2ccccc2)CCCC1. The maximum atomic E-state index is 13.1. The number of nitrogens with one attached hydrogen (secondary N) is 2. The lowest BCUT2D eigenvalue weighted by Crippen LogP contribution is -2.52. The summed E-state index contributed by atoms with van der Waals surface area (Å²) in [5.74, 6) is 0.0194. The summed E-state index contributed by atoms with van der Waals surface area (Å²) in [6.45, 7) is 4.01. The van der Waals surface area contributed by atoms with E-state index in [2.05, 4.69) is 22.8 Å². The van der Waals surface area contributed by atoms with Crippen LogP contribution >= 0.6 is 0 Å². The average molecular weight is 336 g/mol. The molecule has 0 radical (unpaired) electrons. The summed E-state index contributed by atoms with van der Waals surface area (Å²) in [5, 5.41) is 6.91. The highest BCUT2D eigenvalue weighted by atomic mass is 16.1. The van der Waals surface area contributed by atoms with E-state index < -0.39 is 0 Å². The first-order valence-electron chi connectivity index (χ1n) is 9.18. The molecular formula is C22H28N2O. The van der Waals surface area contributed by atoms with E-state index in [1.54, 1.807) is 0 Å². The van der Waals surface area contributed by atoms with Crippen molar-refractivity contribution in [3.05, 3.63) is 70.8 Å². The molecule has 0 saturated heterocycles. The molecule has 1 aliphatic carbocycles. The molecule has 0 spiro atoms. The molecule has 2 aromatic rings. The smallest absolute Gasteiger partial charge is 0.252 e. The van der Waals surface area contributed by atoms with Gasteiger partial charge in [0.1, 0.15) is 0 Å². The van der Waals surface area contributed by atoms with Crippen LogP contribution in [0.2, 0.25) is 0 Å². The van der Waals surface area contributed by atoms with Crippen LogP contribution in [-0.2, 0) is 0 Å². The second-order valence-electron chi connectivity index (χ2n) is 7.20. The topological polar surface area (TPSA) is 41.1 Å². The Balaban J connectivity index is 1.97. The van der Waals surface area contributed by atoms with Crippen LogP contribution in [0.4, 0.5) is 0 Å². The van der Waals surface area contributed by atoms with E-state index in [-0.39, 0.29) is 17.5 Å². The molecule has 2 aromatic carbocycles. The molecule has 3 nitrogen and oxygen atoms in total. The summed E-state index contributed by atoms with van der Waals surface area (Å²) >= 11 is 0. The standard InChI is InChI=1S/C22H28N2O/c1-16-10-9-11-17(2)19(16)21(25)24-20(18-12-5-4-6-13-18)22(23-3)14-7-8-15-22/h4-6,9-13,20,23H,7-8,14-15H2,1-3H3,(H,24,25). The van der Waals surface area contributed by atoms with Gasteiger partial charge >= 0.3 is 0 Å². The summed E-state index contributed by atoms with van der Waals surface area (Å²) in [7, 11) is 2.02. The van der Waals surface area contributed by atoms with Gasteiger partial charge in [0.25, 0.3) is 5.91 Å². The first-order valence-corrected chi connectivity index (χ1v) is 9.18.